The van der Waals surface area contributed by atoms with Gasteiger partial charge >= 0.3 is 5.97 Å². The molecule has 0 radical (unpaired) electrons. The lowest BCUT2D eigenvalue weighted by molar-refractivity contribution is 0.0697. The predicted molar refractivity (Wildman–Crippen MR) is 79.4 cm³/mol. The van der Waals surface area contributed by atoms with Gasteiger partial charge in [0, 0.05) is 6.54 Å². The van der Waals surface area contributed by atoms with Crippen LogP contribution < -0.4 is 5.32 Å². The van der Waals surface area contributed by atoms with Crippen LogP contribution in [-0.4, -0.2) is 16.1 Å². The summed E-state index contributed by atoms with van der Waals surface area (Å²) in [4.78, 5) is 15.1. The van der Waals surface area contributed by atoms with E-state index in [1.165, 1.54) is 17.7 Å². The van der Waals surface area contributed by atoms with Crippen LogP contribution in [0, 0.1) is 0 Å². The minimum Gasteiger partial charge on any atom is -0.478 e. The van der Waals surface area contributed by atoms with Gasteiger partial charge in [-0.05, 0) is 29.7 Å². The molecule has 2 rings (SSSR count). The van der Waals surface area contributed by atoms with Crippen molar-refractivity contribution in [3.8, 4) is 0 Å². The van der Waals surface area contributed by atoms with E-state index in [2.05, 4.69) is 29.4 Å². The molecule has 0 spiro atoms. The molecule has 0 saturated carbocycles. The molecule has 0 saturated heterocycles. The summed E-state index contributed by atoms with van der Waals surface area (Å²) in [5, 5.41) is 12.4. The average molecular weight is 291 g/mol. The van der Waals surface area contributed by atoms with Crippen LogP contribution in [0.15, 0.2) is 36.4 Å². The van der Waals surface area contributed by atoms with Crippen molar-refractivity contribution in [2.24, 2.45) is 0 Å². The molecular weight excluding hydrogens is 276 g/mol. The first-order valence-corrected chi connectivity index (χ1v) is 6.69. The summed E-state index contributed by atoms with van der Waals surface area (Å²) in [7, 11) is 0. The summed E-state index contributed by atoms with van der Waals surface area (Å²) in [6, 6.07) is 11.0. The van der Waals surface area contributed by atoms with Crippen LogP contribution in [0.1, 0.15) is 28.4 Å². The molecule has 1 aromatic heterocycles. The molecule has 0 unspecified atom stereocenters. The Hall–Kier alpha value is -2.07. The Labute approximate surface area is 122 Å². The largest absolute Gasteiger partial charge is 0.478 e. The Balaban J connectivity index is 2.13. The number of rotatable bonds is 5. The van der Waals surface area contributed by atoms with E-state index < -0.39 is 5.97 Å². The van der Waals surface area contributed by atoms with Gasteiger partial charge in [-0.15, -0.1) is 0 Å². The van der Waals surface area contributed by atoms with E-state index in [0.29, 0.717) is 6.54 Å². The molecule has 0 atom stereocenters. The molecule has 0 aliphatic heterocycles. The van der Waals surface area contributed by atoms with E-state index in [4.69, 9.17) is 16.7 Å². The number of pyridine rings is 1. The van der Waals surface area contributed by atoms with Crippen LogP contribution in [0.3, 0.4) is 0 Å². The molecule has 4 nitrogen and oxygen atoms in total. The number of anilines is 1. The topological polar surface area (TPSA) is 62.2 Å². The molecule has 5 heteroatoms. The number of nitrogens with zero attached hydrogens (tertiary/aromatic N) is 1. The fourth-order valence-electron chi connectivity index (χ4n) is 1.82. The molecule has 0 aliphatic carbocycles. The summed E-state index contributed by atoms with van der Waals surface area (Å²) in [6.07, 6.45) is 0.993. The van der Waals surface area contributed by atoms with E-state index in [9.17, 15) is 4.79 Å². The standard InChI is InChI=1S/C15H15ClN2O2/c1-2-10-3-5-11(6-4-10)9-17-14-12(15(19)20)7-8-13(16)18-14/h3-8H,2,9H2,1H3,(H,17,18)(H,19,20). The van der Waals surface area contributed by atoms with Gasteiger partial charge < -0.3 is 10.4 Å². The van der Waals surface area contributed by atoms with Crippen molar-refractivity contribution in [3.63, 3.8) is 0 Å². The Morgan fingerprint density at radius 2 is 1.85 bits per heavy atom. The van der Waals surface area contributed by atoms with Gasteiger partial charge in [0.15, 0.2) is 0 Å². The Morgan fingerprint density at radius 1 is 1.20 bits per heavy atom. The van der Waals surface area contributed by atoms with Crippen molar-refractivity contribution in [2.45, 2.75) is 19.9 Å². The molecule has 0 bridgehead atoms. The highest BCUT2D eigenvalue weighted by molar-refractivity contribution is 6.29. The second-order valence-electron chi connectivity index (χ2n) is 4.36. The fraction of sp³-hybridized carbons (Fsp3) is 0.200. The summed E-state index contributed by atoms with van der Waals surface area (Å²) < 4.78 is 0. The molecule has 0 aliphatic rings. The normalized spacial score (nSPS) is 10.3. The SMILES string of the molecule is CCc1ccc(CNc2nc(Cl)ccc2C(=O)O)cc1. The third kappa shape index (κ3) is 3.48. The summed E-state index contributed by atoms with van der Waals surface area (Å²) in [6.45, 7) is 2.60. The zero-order valence-electron chi connectivity index (χ0n) is 11.1. The number of aromatic nitrogens is 1. The number of benzene rings is 1. The van der Waals surface area contributed by atoms with Gasteiger partial charge in [-0.25, -0.2) is 9.78 Å². The van der Waals surface area contributed by atoms with Crippen LogP contribution in [0.4, 0.5) is 5.82 Å². The lowest BCUT2D eigenvalue weighted by Crippen LogP contribution is -2.08. The van der Waals surface area contributed by atoms with Gasteiger partial charge in [-0.3, -0.25) is 0 Å². The van der Waals surface area contributed by atoms with Gasteiger partial charge in [0.1, 0.15) is 16.5 Å². The number of hydrogen-bond acceptors (Lipinski definition) is 3. The number of carbonyl (C=O) groups is 1. The number of aromatic carboxylic acids is 1. The Kier molecular flexibility index (Phi) is 4.58. The monoisotopic (exact) mass is 290 g/mol. The van der Waals surface area contributed by atoms with Crippen molar-refractivity contribution >= 4 is 23.4 Å². The van der Waals surface area contributed by atoms with Crippen LogP contribution in [0.25, 0.3) is 0 Å². The first-order chi connectivity index (χ1) is 9.60. The van der Waals surface area contributed by atoms with Crippen LogP contribution >= 0.6 is 11.6 Å². The van der Waals surface area contributed by atoms with E-state index in [1.54, 1.807) is 0 Å². The predicted octanol–water partition coefficient (Wildman–Crippen LogP) is 3.61. The molecule has 0 fully saturated rings. The van der Waals surface area contributed by atoms with E-state index in [1.807, 2.05) is 12.1 Å². The Bertz CT molecular complexity index is 612. The maximum absolute atomic E-state index is 11.1. The zero-order chi connectivity index (χ0) is 14.5. The van der Waals surface area contributed by atoms with Gasteiger partial charge in [0.05, 0.1) is 0 Å². The maximum Gasteiger partial charge on any atom is 0.339 e. The van der Waals surface area contributed by atoms with Crippen molar-refractivity contribution in [1.29, 1.82) is 0 Å². The van der Waals surface area contributed by atoms with Crippen molar-refractivity contribution in [1.82, 2.24) is 4.98 Å². The Morgan fingerprint density at radius 3 is 2.45 bits per heavy atom. The third-order valence-electron chi connectivity index (χ3n) is 2.98. The highest BCUT2D eigenvalue weighted by atomic mass is 35.5. The number of halogens is 1. The van der Waals surface area contributed by atoms with Gasteiger partial charge in [-0.2, -0.15) is 0 Å². The molecule has 20 heavy (non-hydrogen) atoms. The first kappa shape index (κ1) is 14.3. The number of carboxylic acids is 1. The minimum absolute atomic E-state index is 0.111. The van der Waals surface area contributed by atoms with Crippen LogP contribution in [-0.2, 0) is 13.0 Å². The number of nitrogens with one attached hydrogen (secondary N) is 1. The molecule has 104 valence electrons. The lowest BCUT2D eigenvalue weighted by Gasteiger charge is -2.09. The smallest absolute Gasteiger partial charge is 0.339 e. The molecule has 2 N–H and O–H groups in total. The van der Waals surface area contributed by atoms with Gasteiger partial charge in [0.25, 0.3) is 0 Å². The highest BCUT2D eigenvalue weighted by Crippen LogP contribution is 2.17. The van der Waals surface area contributed by atoms with Gasteiger partial charge in [-0.1, -0.05) is 42.8 Å². The second kappa shape index (κ2) is 6.39. The molecule has 2 aromatic rings. The minimum atomic E-state index is -1.03. The average Bonchev–Trinajstić information content (AvgIpc) is 2.45. The summed E-state index contributed by atoms with van der Waals surface area (Å²) >= 11 is 5.80. The van der Waals surface area contributed by atoms with Gasteiger partial charge in [0.2, 0.25) is 0 Å². The summed E-state index contributed by atoms with van der Waals surface area (Å²) in [5.41, 5.74) is 2.43. The molecule has 1 heterocycles. The number of aryl methyl sites for hydroxylation is 1. The molecule has 1 aromatic carbocycles. The molecular formula is C15H15ClN2O2. The van der Waals surface area contributed by atoms with Crippen molar-refractivity contribution < 1.29 is 9.90 Å². The van der Waals surface area contributed by atoms with Crippen LogP contribution in [0.2, 0.25) is 5.15 Å². The van der Waals surface area contributed by atoms with Crippen molar-refractivity contribution in [3.05, 3.63) is 58.2 Å². The quantitative estimate of drug-likeness (QED) is 0.826. The molecule has 0 amide bonds. The van der Waals surface area contributed by atoms with Crippen LogP contribution in [0.5, 0.6) is 0 Å². The van der Waals surface area contributed by atoms with E-state index in [0.717, 1.165) is 12.0 Å². The highest BCUT2D eigenvalue weighted by Gasteiger charge is 2.11. The second-order valence-corrected chi connectivity index (χ2v) is 4.75. The zero-order valence-corrected chi connectivity index (χ0v) is 11.8. The lowest BCUT2D eigenvalue weighted by atomic mass is 10.1. The maximum atomic E-state index is 11.1. The van der Waals surface area contributed by atoms with E-state index in [-0.39, 0.29) is 16.5 Å². The third-order valence-corrected chi connectivity index (χ3v) is 3.19. The first-order valence-electron chi connectivity index (χ1n) is 6.31. The summed E-state index contributed by atoms with van der Waals surface area (Å²) in [5.74, 6) is -0.748. The number of hydrogen-bond donors (Lipinski definition) is 2. The fourth-order valence-corrected chi connectivity index (χ4v) is 1.97. The van der Waals surface area contributed by atoms with E-state index >= 15 is 0 Å². The number of carboxylic acid groups (broad SMARTS) is 1. The van der Waals surface area contributed by atoms with Crippen molar-refractivity contribution in [2.75, 3.05) is 5.32 Å².